The molecule has 0 aromatic carbocycles. The van der Waals surface area contributed by atoms with Gasteiger partial charge in [0.1, 0.15) is 5.54 Å². The molecule has 1 amide bonds. The van der Waals surface area contributed by atoms with Crippen molar-refractivity contribution in [1.82, 2.24) is 4.90 Å². The first-order valence-electron chi connectivity index (χ1n) is 6.02. The number of carbonyl (C=O) groups excluding carboxylic acids is 1. The van der Waals surface area contributed by atoms with Gasteiger partial charge < -0.3 is 10.0 Å². The van der Waals surface area contributed by atoms with Crippen LogP contribution in [-0.4, -0.2) is 35.0 Å². The maximum atomic E-state index is 11.5. The fourth-order valence-corrected chi connectivity index (χ4v) is 3.03. The zero-order valence-corrected chi connectivity index (χ0v) is 9.69. The number of carboxylic acids is 1. The van der Waals surface area contributed by atoms with Crippen LogP contribution in [0.4, 0.5) is 0 Å². The number of amides is 1. The molecule has 0 heterocycles. The Hall–Kier alpha value is -1.06. The summed E-state index contributed by atoms with van der Waals surface area (Å²) < 4.78 is 0. The predicted molar refractivity (Wildman–Crippen MR) is 58.9 cm³/mol. The summed E-state index contributed by atoms with van der Waals surface area (Å²) in [7, 11) is 1.59. The van der Waals surface area contributed by atoms with Crippen molar-refractivity contribution in [1.29, 1.82) is 0 Å². The summed E-state index contributed by atoms with van der Waals surface area (Å²) in [6.07, 6.45) is 6.43. The van der Waals surface area contributed by atoms with Crippen LogP contribution >= 0.6 is 0 Å². The molecule has 0 aromatic heterocycles. The third-order valence-electron chi connectivity index (χ3n) is 4.29. The molecule has 2 saturated carbocycles. The summed E-state index contributed by atoms with van der Waals surface area (Å²) in [4.78, 5) is 23.7. The molecule has 2 aliphatic rings. The zero-order valence-electron chi connectivity index (χ0n) is 9.69. The molecule has 0 aromatic rings. The molecule has 0 aliphatic heterocycles. The Kier molecular flexibility index (Phi) is 2.91. The highest BCUT2D eigenvalue weighted by molar-refractivity contribution is 5.81. The van der Waals surface area contributed by atoms with Crippen LogP contribution in [0.25, 0.3) is 0 Å². The van der Waals surface area contributed by atoms with E-state index in [2.05, 4.69) is 0 Å². The number of aliphatic carboxylic acids is 1. The predicted octanol–water partition coefficient (Wildman–Crippen LogP) is 1.50. The first kappa shape index (κ1) is 11.4. The Balaban J connectivity index is 2.17. The van der Waals surface area contributed by atoms with Crippen LogP contribution in [0.1, 0.15) is 38.5 Å². The van der Waals surface area contributed by atoms with Crippen LogP contribution in [0.3, 0.4) is 0 Å². The highest BCUT2D eigenvalue weighted by Gasteiger charge is 2.49. The molecule has 90 valence electrons. The van der Waals surface area contributed by atoms with Gasteiger partial charge in [-0.25, -0.2) is 4.79 Å². The average Bonchev–Trinajstić information content (AvgIpc) is 3.11. The second-order valence-corrected chi connectivity index (χ2v) is 5.25. The Morgan fingerprint density at radius 3 is 2.56 bits per heavy atom. The molecule has 0 radical (unpaired) electrons. The molecule has 1 N–H and O–H groups in total. The number of likely N-dealkylation sites (N-methyl/N-ethyl adjacent to an activating group) is 1. The van der Waals surface area contributed by atoms with E-state index >= 15 is 0 Å². The van der Waals surface area contributed by atoms with Crippen LogP contribution < -0.4 is 0 Å². The third-order valence-corrected chi connectivity index (χ3v) is 4.29. The largest absolute Gasteiger partial charge is 0.479 e. The normalized spacial score (nSPS) is 34.4. The van der Waals surface area contributed by atoms with Crippen molar-refractivity contribution in [3.63, 3.8) is 0 Å². The van der Waals surface area contributed by atoms with E-state index in [-0.39, 0.29) is 0 Å². The number of carbonyl (C=O) groups is 2. The monoisotopic (exact) mass is 225 g/mol. The smallest absolute Gasteiger partial charge is 0.329 e. The average molecular weight is 225 g/mol. The van der Waals surface area contributed by atoms with E-state index in [0.29, 0.717) is 25.2 Å². The maximum absolute atomic E-state index is 11.5. The van der Waals surface area contributed by atoms with Crippen molar-refractivity contribution < 1.29 is 14.7 Å². The molecule has 2 atom stereocenters. The van der Waals surface area contributed by atoms with E-state index < -0.39 is 11.5 Å². The van der Waals surface area contributed by atoms with Crippen LogP contribution in [0.2, 0.25) is 0 Å². The quantitative estimate of drug-likeness (QED) is 0.738. The van der Waals surface area contributed by atoms with Gasteiger partial charge in [-0.1, -0.05) is 6.42 Å². The highest BCUT2D eigenvalue weighted by atomic mass is 16.4. The summed E-state index contributed by atoms with van der Waals surface area (Å²) in [6.45, 7) is 0. The van der Waals surface area contributed by atoms with Crippen molar-refractivity contribution in [3.8, 4) is 0 Å². The van der Waals surface area contributed by atoms with Gasteiger partial charge in [0.05, 0.1) is 0 Å². The lowest BCUT2D eigenvalue weighted by Crippen LogP contribution is -2.55. The number of carboxylic acid groups (broad SMARTS) is 1. The molecule has 0 saturated heterocycles. The van der Waals surface area contributed by atoms with Crippen molar-refractivity contribution in [2.75, 3.05) is 7.05 Å². The lowest BCUT2D eigenvalue weighted by molar-refractivity contribution is -0.157. The lowest BCUT2D eigenvalue weighted by atomic mass is 9.73. The molecule has 0 bridgehead atoms. The molecule has 0 spiro atoms. The zero-order chi connectivity index (χ0) is 11.8. The van der Waals surface area contributed by atoms with Crippen molar-refractivity contribution in [2.45, 2.75) is 44.1 Å². The maximum Gasteiger partial charge on any atom is 0.329 e. The van der Waals surface area contributed by atoms with Crippen molar-refractivity contribution in [2.24, 2.45) is 11.8 Å². The van der Waals surface area contributed by atoms with Gasteiger partial charge in [-0.05, 0) is 43.9 Å². The standard InChI is InChI=1S/C12H19NO3/c1-13(8-14)12(11(15)16)6-2-3-10(7-12)9-4-5-9/h8-10H,2-7H2,1H3,(H,15,16). The summed E-state index contributed by atoms with van der Waals surface area (Å²) in [5, 5.41) is 9.41. The minimum Gasteiger partial charge on any atom is -0.479 e. The van der Waals surface area contributed by atoms with Crippen molar-refractivity contribution >= 4 is 12.4 Å². The van der Waals surface area contributed by atoms with Crippen LogP contribution in [0.5, 0.6) is 0 Å². The number of nitrogens with zero attached hydrogens (tertiary/aromatic N) is 1. The third kappa shape index (κ3) is 1.81. The summed E-state index contributed by atoms with van der Waals surface area (Å²) in [5.41, 5.74) is -0.937. The van der Waals surface area contributed by atoms with E-state index in [0.717, 1.165) is 18.8 Å². The Morgan fingerprint density at radius 1 is 1.38 bits per heavy atom. The fourth-order valence-electron chi connectivity index (χ4n) is 3.03. The van der Waals surface area contributed by atoms with E-state index in [1.165, 1.54) is 17.7 Å². The topological polar surface area (TPSA) is 57.6 Å². The Bertz CT molecular complexity index is 301. The molecular formula is C12H19NO3. The van der Waals surface area contributed by atoms with E-state index in [1.54, 1.807) is 7.05 Å². The van der Waals surface area contributed by atoms with Gasteiger partial charge in [0.25, 0.3) is 0 Å². The second kappa shape index (κ2) is 4.07. The van der Waals surface area contributed by atoms with E-state index in [9.17, 15) is 14.7 Å². The molecule has 2 aliphatic carbocycles. The van der Waals surface area contributed by atoms with Gasteiger partial charge in [-0.2, -0.15) is 0 Å². The molecule has 4 heteroatoms. The van der Waals surface area contributed by atoms with Gasteiger partial charge >= 0.3 is 5.97 Å². The first-order chi connectivity index (χ1) is 7.60. The highest BCUT2D eigenvalue weighted by Crippen LogP contribution is 2.47. The molecule has 2 unspecified atom stereocenters. The Morgan fingerprint density at radius 2 is 2.06 bits per heavy atom. The van der Waals surface area contributed by atoms with Crippen LogP contribution in [0, 0.1) is 11.8 Å². The summed E-state index contributed by atoms with van der Waals surface area (Å²) >= 11 is 0. The number of hydrogen-bond acceptors (Lipinski definition) is 2. The van der Waals surface area contributed by atoms with Crippen molar-refractivity contribution in [3.05, 3.63) is 0 Å². The lowest BCUT2D eigenvalue weighted by Gasteiger charge is -2.42. The number of rotatable bonds is 4. The fraction of sp³-hybridized carbons (Fsp3) is 0.833. The molecule has 16 heavy (non-hydrogen) atoms. The van der Waals surface area contributed by atoms with Gasteiger partial charge in [-0.3, -0.25) is 4.79 Å². The molecule has 2 fully saturated rings. The minimum atomic E-state index is -0.937. The van der Waals surface area contributed by atoms with Crippen LogP contribution in [-0.2, 0) is 9.59 Å². The van der Waals surface area contributed by atoms with Gasteiger partial charge in [0.15, 0.2) is 0 Å². The number of hydrogen-bond donors (Lipinski definition) is 1. The van der Waals surface area contributed by atoms with Gasteiger partial charge in [0, 0.05) is 7.05 Å². The van der Waals surface area contributed by atoms with Crippen LogP contribution in [0.15, 0.2) is 0 Å². The SMILES string of the molecule is CN(C=O)C1(C(=O)O)CCCC(C2CC2)C1. The van der Waals surface area contributed by atoms with Gasteiger partial charge in [0.2, 0.25) is 6.41 Å². The minimum absolute atomic E-state index is 0.507. The first-order valence-corrected chi connectivity index (χ1v) is 6.02. The van der Waals surface area contributed by atoms with E-state index in [4.69, 9.17) is 0 Å². The summed E-state index contributed by atoms with van der Waals surface area (Å²) in [5.74, 6) is 0.388. The molecular weight excluding hydrogens is 206 g/mol. The Labute approximate surface area is 95.6 Å². The molecule has 2 rings (SSSR count). The second-order valence-electron chi connectivity index (χ2n) is 5.25. The van der Waals surface area contributed by atoms with E-state index in [1.807, 2.05) is 0 Å². The van der Waals surface area contributed by atoms with Gasteiger partial charge in [-0.15, -0.1) is 0 Å². The molecule has 4 nitrogen and oxygen atoms in total. The summed E-state index contributed by atoms with van der Waals surface area (Å²) in [6, 6.07) is 0.